The molecule has 1 spiro atoms. The van der Waals surface area contributed by atoms with E-state index in [9.17, 15) is 9.90 Å². The first-order valence-electron chi connectivity index (χ1n) is 8.83. The summed E-state index contributed by atoms with van der Waals surface area (Å²) in [5, 5.41) is 10.4. The average molecular weight is 367 g/mol. The van der Waals surface area contributed by atoms with Crippen LogP contribution in [0, 0.1) is 0 Å². The molecule has 3 heterocycles. The minimum atomic E-state index is -1.02. The lowest BCUT2D eigenvalue weighted by Gasteiger charge is -2.40. The van der Waals surface area contributed by atoms with Crippen LogP contribution in [-0.2, 0) is 16.7 Å². The molecule has 7 heteroatoms. The van der Waals surface area contributed by atoms with Crippen LogP contribution in [0.25, 0.3) is 0 Å². The molecule has 1 N–H and O–H groups in total. The number of fused-ring (bicyclic) bond motifs is 6. The summed E-state index contributed by atoms with van der Waals surface area (Å²) in [4.78, 5) is 15.8. The maximum Gasteiger partial charge on any atom is 0.231 e. The van der Waals surface area contributed by atoms with Crippen molar-refractivity contribution in [1.29, 1.82) is 0 Å². The van der Waals surface area contributed by atoms with Crippen molar-refractivity contribution < 1.29 is 28.8 Å². The molecule has 4 aliphatic rings. The minimum absolute atomic E-state index is 0.0108. The van der Waals surface area contributed by atoms with Crippen LogP contribution in [-0.4, -0.2) is 43.0 Å². The highest BCUT2D eigenvalue weighted by Gasteiger charge is 2.67. The maximum absolute atomic E-state index is 13.8. The first-order valence-corrected chi connectivity index (χ1v) is 8.83. The zero-order chi connectivity index (χ0) is 18.5. The Bertz CT molecular complexity index is 1030. The van der Waals surface area contributed by atoms with Gasteiger partial charge in [-0.3, -0.25) is 9.69 Å². The normalized spacial score (nSPS) is 29.5. The Morgan fingerprint density at radius 1 is 1.30 bits per heavy atom. The Balaban J connectivity index is 1.65. The smallest absolute Gasteiger partial charge is 0.231 e. The third-order valence-corrected chi connectivity index (χ3v) is 6.30. The lowest BCUT2D eigenvalue weighted by atomic mass is 9.77. The predicted molar refractivity (Wildman–Crippen MR) is 92.3 cm³/mol. The number of likely N-dealkylation sites (N-methyl/N-ethyl adjacent to an activating group) is 1. The average Bonchev–Trinajstić information content (AvgIpc) is 3.27. The summed E-state index contributed by atoms with van der Waals surface area (Å²) < 4.78 is 22.7. The second kappa shape index (κ2) is 4.74. The molecule has 7 nitrogen and oxygen atoms in total. The molecule has 0 aromatic heterocycles. The number of nitrogens with zero attached hydrogens (tertiary/aromatic N) is 1. The Hall–Kier alpha value is -2.77. The molecule has 27 heavy (non-hydrogen) atoms. The van der Waals surface area contributed by atoms with Crippen molar-refractivity contribution in [3.05, 3.63) is 46.5 Å². The highest BCUT2D eigenvalue weighted by Crippen LogP contribution is 2.63. The van der Waals surface area contributed by atoms with E-state index in [1.165, 1.54) is 7.11 Å². The Morgan fingerprint density at radius 3 is 2.96 bits per heavy atom. The molecule has 1 aliphatic carbocycles. The molecule has 6 rings (SSSR count). The van der Waals surface area contributed by atoms with Gasteiger partial charge in [0.1, 0.15) is 17.9 Å². The van der Waals surface area contributed by atoms with Crippen molar-refractivity contribution in [2.75, 3.05) is 21.0 Å². The number of hydrogen-bond acceptors (Lipinski definition) is 7. The highest BCUT2D eigenvalue weighted by atomic mass is 16.7. The van der Waals surface area contributed by atoms with E-state index in [0.717, 1.165) is 16.7 Å². The van der Waals surface area contributed by atoms with Gasteiger partial charge in [-0.15, -0.1) is 0 Å². The standard InChI is InChI=1S/C20H17NO6/c1-21-15-6-9-5-14(24-2)12(22)7-11(9)20(21)18(23)16-10(19(20)27-15)3-4-13-17(16)26-8-25-13/h3-5,7,15,19,22H,6,8H2,1-2H3. The second-order valence-corrected chi connectivity index (χ2v) is 7.33. The molecule has 2 aromatic carbocycles. The van der Waals surface area contributed by atoms with Crippen molar-refractivity contribution in [1.82, 2.24) is 4.90 Å². The van der Waals surface area contributed by atoms with Gasteiger partial charge >= 0.3 is 0 Å². The predicted octanol–water partition coefficient (Wildman–Crippen LogP) is 2.11. The monoisotopic (exact) mass is 367 g/mol. The molecule has 1 fully saturated rings. The molecule has 3 atom stereocenters. The summed E-state index contributed by atoms with van der Waals surface area (Å²) in [5.74, 6) is 1.38. The number of Topliss-reactive ketones (excluding diaryl/α,β-unsaturated/α-hetero) is 1. The van der Waals surface area contributed by atoms with Gasteiger partial charge in [0.15, 0.2) is 28.8 Å². The van der Waals surface area contributed by atoms with Crippen molar-refractivity contribution in [2.24, 2.45) is 0 Å². The first kappa shape index (κ1) is 15.3. The minimum Gasteiger partial charge on any atom is -0.504 e. The van der Waals surface area contributed by atoms with Crippen molar-refractivity contribution in [2.45, 2.75) is 24.3 Å². The largest absolute Gasteiger partial charge is 0.504 e. The third kappa shape index (κ3) is 1.55. The topological polar surface area (TPSA) is 77.5 Å². The Labute approximate surface area is 155 Å². The number of ether oxygens (including phenoxy) is 4. The van der Waals surface area contributed by atoms with Gasteiger partial charge in [0.2, 0.25) is 6.79 Å². The summed E-state index contributed by atoms with van der Waals surface area (Å²) in [6, 6.07) is 7.16. The van der Waals surface area contributed by atoms with Crippen molar-refractivity contribution in [3.63, 3.8) is 0 Å². The van der Waals surface area contributed by atoms with Crippen LogP contribution in [0.4, 0.5) is 0 Å². The fraction of sp³-hybridized carbons (Fsp3) is 0.350. The summed E-state index contributed by atoms with van der Waals surface area (Å²) in [6.45, 7) is 0.102. The molecule has 3 aliphatic heterocycles. The molecule has 2 bridgehead atoms. The van der Waals surface area contributed by atoms with E-state index in [4.69, 9.17) is 18.9 Å². The van der Waals surface area contributed by atoms with E-state index >= 15 is 0 Å². The molecular formula is C20H17NO6. The van der Waals surface area contributed by atoms with Crippen LogP contribution < -0.4 is 14.2 Å². The van der Waals surface area contributed by atoms with Crippen molar-refractivity contribution in [3.8, 4) is 23.0 Å². The van der Waals surface area contributed by atoms with E-state index in [1.807, 2.05) is 24.1 Å². The summed E-state index contributed by atoms with van der Waals surface area (Å²) in [5.41, 5.74) is 2.01. The SMILES string of the molecule is COc1cc2c(cc1O)C13C(=O)c4c(ccc5c4OCO5)C1OC(C2)N3C. The molecule has 3 unspecified atom stereocenters. The van der Waals surface area contributed by atoms with Gasteiger partial charge in [-0.25, -0.2) is 0 Å². The van der Waals surface area contributed by atoms with E-state index in [0.29, 0.717) is 29.2 Å². The van der Waals surface area contributed by atoms with E-state index < -0.39 is 11.6 Å². The molecular weight excluding hydrogens is 350 g/mol. The highest BCUT2D eigenvalue weighted by molar-refractivity contribution is 6.12. The number of benzene rings is 2. The maximum atomic E-state index is 13.8. The first-order chi connectivity index (χ1) is 13.1. The fourth-order valence-electron chi connectivity index (χ4n) is 5.09. The van der Waals surface area contributed by atoms with Crippen LogP contribution in [0.1, 0.15) is 33.2 Å². The molecule has 138 valence electrons. The molecule has 0 amide bonds. The van der Waals surface area contributed by atoms with Crippen LogP contribution >= 0.6 is 0 Å². The van der Waals surface area contributed by atoms with Gasteiger partial charge in [-0.2, -0.15) is 0 Å². The number of aromatic hydroxyl groups is 1. The van der Waals surface area contributed by atoms with E-state index in [1.54, 1.807) is 12.1 Å². The zero-order valence-electron chi connectivity index (χ0n) is 14.8. The van der Waals surface area contributed by atoms with Gasteiger partial charge in [0.25, 0.3) is 0 Å². The number of phenolic OH excluding ortho intramolecular Hbond substituents is 1. The van der Waals surface area contributed by atoms with Gasteiger partial charge in [0, 0.05) is 6.42 Å². The number of phenols is 1. The van der Waals surface area contributed by atoms with Crippen molar-refractivity contribution >= 4 is 5.78 Å². The third-order valence-electron chi connectivity index (χ3n) is 6.30. The number of carbonyl (C=O) groups is 1. The number of hydrogen-bond donors (Lipinski definition) is 1. The Kier molecular flexibility index (Phi) is 2.68. The lowest BCUT2D eigenvalue weighted by molar-refractivity contribution is 0.00687. The number of carbonyl (C=O) groups excluding carboxylic acids is 1. The molecule has 0 saturated carbocycles. The second-order valence-electron chi connectivity index (χ2n) is 7.33. The Morgan fingerprint density at radius 2 is 2.15 bits per heavy atom. The van der Waals surface area contributed by atoms with E-state index in [-0.39, 0.29) is 24.6 Å². The number of rotatable bonds is 1. The van der Waals surface area contributed by atoms with Gasteiger partial charge in [-0.1, -0.05) is 6.07 Å². The van der Waals surface area contributed by atoms with E-state index in [2.05, 4.69) is 0 Å². The van der Waals surface area contributed by atoms with Gasteiger partial charge in [-0.05, 0) is 41.9 Å². The van der Waals surface area contributed by atoms with Gasteiger partial charge in [0.05, 0.1) is 12.7 Å². The van der Waals surface area contributed by atoms with Crippen LogP contribution in [0.3, 0.4) is 0 Å². The molecule has 1 saturated heterocycles. The number of methoxy groups -OCH3 is 1. The zero-order valence-corrected chi connectivity index (χ0v) is 14.8. The quantitative estimate of drug-likeness (QED) is 0.827. The molecule has 0 radical (unpaired) electrons. The number of ketones is 1. The summed E-state index contributed by atoms with van der Waals surface area (Å²) in [6.07, 6.45) is -0.0636. The molecule has 2 aromatic rings. The fourth-order valence-corrected chi connectivity index (χ4v) is 5.09. The van der Waals surface area contributed by atoms with Crippen LogP contribution in [0.15, 0.2) is 24.3 Å². The van der Waals surface area contributed by atoms with Crippen LogP contribution in [0.2, 0.25) is 0 Å². The van der Waals surface area contributed by atoms with Crippen LogP contribution in [0.5, 0.6) is 23.0 Å². The lowest BCUT2D eigenvalue weighted by Crippen LogP contribution is -2.52. The van der Waals surface area contributed by atoms with Gasteiger partial charge < -0.3 is 24.1 Å². The summed E-state index contributed by atoms with van der Waals surface area (Å²) in [7, 11) is 3.41. The summed E-state index contributed by atoms with van der Waals surface area (Å²) >= 11 is 0.